The van der Waals surface area contributed by atoms with Crippen LogP contribution in [0.4, 0.5) is 5.69 Å². The molecule has 4 rings (SSSR count). The number of ether oxygens (including phenoxy) is 2. The Morgan fingerprint density at radius 2 is 1.79 bits per heavy atom. The summed E-state index contributed by atoms with van der Waals surface area (Å²) >= 11 is 6.12. The van der Waals surface area contributed by atoms with Crippen LogP contribution in [0.1, 0.15) is 20.7 Å². The average Bonchev–Trinajstić information content (AvgIpc) is 2.83. The van der Waals surface area contributed by atoms with Crippen molar-refractivity contribution >= 4 is 29.5 Å². The Bertz CT molecular complexity index is 1030. The molecule has 1 heterocycles. The van der Waals surface area contributed by atoms with E-state index in [2.05, 4.69) is 0 Å². The largest absolute Gasteiger partial charge is 0.492 e. The number of para-hydroxylation sites is 1. The van der Waals surface area contributed by atoms with Crippen LogP contribution >= 0.6 is 11.6 Å². The van der Waals surface area contributed by atoms with E-state index < -0.39 is 0 Å². The molecule has 1 amide bonds. The van der Waals surface area contributed by atoms with Crippen LogP contribution in [0.2, 0.25) is 5.02 Å². The number of halogens is 1. The number of carbonyl (C=O) groups is 2. The number of carbonyl (C=O) groups excluding carboxylic acids is 2. The molecule has 1 aliphatic heterocycles. The van der Waals surface area contributed by atoms with Crippen molar-refractivity contribution in [3.63, 3.8) is 0 Å². The molecule has 0 N–H and O–H groups in total. The third-order valence-corrected chi connectivity index (χ3v) is 4.63. The second-order valence-corrected chi connectivity index (χ2v) is 6.64. The van der Waals surface area contributed by atoms with Gasteiger partial charge in [-0.15, -0.1) is 0 Å². The first-order chi connectivity index (χ1) is 13.7. The van der Waals surface area contributed by atoms with Crippen molar-refractivity contribution < 1.29 is 19.1 Å². The van der Waals surface area contributed by atoms with Gasteiger partial charge in [0.1, 0.15) is 24.4 Å². The van der Waals surface area contributed by atoms with Crippen molar-refractivity contribution in [3.05, 3.63) is 82.9 Å². The highest BCUT2D eigenvalue weighted by Crippen LogP contribution is 2.40. The van der Waals surface area contributed by atoms with Gasteiger partial charge >= 0.3 is 0 Å². The van der Waals surface area contributed by atoms with Crippen LogP contribution in [0.15, 0.2) is 66.7 Å². The summed E-state index contributed by atoms with van der Waals surface area (Å²) in [6, 6.07) is 19.1. The number of hydrogen-bond acceptors (Lipinski definition) is 4. The van der Waals surface area contributed by atoms with E-state index in [4.69, 9.17) is 21.1 Å². The molecule has 3 aromatic rings. The van der Waals surface area contributed by atoms with Crippen molar-refractivity contribution in [2.75, 3.05) is 18.1 Å². The maximum atomic E-state index is 13.1. The van der Waals surface area contributed by atoms with E-state index in [0.717, 1.165) is 6.29 Å². The smallest absolute Gasteiger partial charge is 0.262 e. The summed E-state index contributed by atoms with van der Waals surface area (Å²) in [5, 5.41) is 0.525. The predicted molar refractivity (Wildman–Crippen MR) is 107 cm³/mol. The Kier molecular flexibility index (Phi) is 5.00. The van der Waals surface area contributed by atoms with Gasteiger partial charge in [0.15, 0.2) is 5.75 Å². The van der Waals surface area contributed by atoms with Crippen molar-refractivity contribution in [1.29, 1.82) is 0 Å². The molecule has 0 fully saturated rings. The summed E-state index contributed by atoms with van der Waals surface area (Å²) in [6.07, 6.45) is 0.777. The van der Waals surface area contributed by atoms with Gasteiger partial charge in [0.05, 0.1) is 17.8 Å². The first kappa shape index (κ1) is 18.1. The normalized spacial score (nSPS) is 12.5. The second-order valence-electron chi connectivity index (χ2n) is 6.20. The molecule has 0 saturated carbocycles. The van der Waals surface area contributed by atoms with Gasteiger partial charge < -0.3 is 14.4 Å². The van der Waals surface area contributed by atoms with E-state index in [1.165, 1.54) is 0 Å². The molecule has 6 heteroatoms. The topological polar surface area (TPSA) is 55.8 Å². The molecule has 1 aliphatic rings. The summed E-state index contributed by atoms with van der Waals surface area (Å²) in [5.74, 6) is 1.46. The number of hydrogen-bond donors (Lipinski definition) is 0. The zero-order valence-electron chi connectivity index (χ0n) is 14.8. The Morgan fingerprint density at radius 3 is 2.57 bits per heavy atom. The molecule has 0 atom stereocenters. The lowest BCUT2D eigenvalue weighted by atomic mass is 10.1. The lowest BCUT2D eigenvalue weighted by molar-refractivity contribution is 0.0982. The van der Waals surface area contributed by atoms with Gasteiger partial charge in [-0.2, -0.15) is 0 Å². The number of amides is 1. The summed E-state index contributed by atoms with van der Waals surface area (Å²) in [4.78, 5) is 25.5. The summed E-state index contributed by atoms with van der Waals surface area (Å²) in [7, 11) is 0. The van der Waals surface area contributed by atoms with Crippen molar-refractivity contribution in [2.24, 2.45) is 0 Å². The number of nitrogens with zero attached hydrogens (tertiary/aromatic N) is 1. The molecule has 0 aromatic heterocycles. The van der Waals surface area contributed by atoms with Crippen LogP contribution in [0.25, 0.3) is 0 Å². The summed E-state index contributed by atoms with van der Waals surface area (Å²) in [5.41, 5.74) is 1.69. The van der Waals surface area contributed by atoms with Gasteiger partial charge in [-0.1, -0.05) is 23.7 Å². The Balaban J connectivity index is 1.59. The monoisotopic (exact) mass is 393 g/mol. The van der Waals surface area contributed by atoms with Gasteiger partial charge in [-0.25, -0.2) is 0 Å². The van der Waals surface area contributed by atoms with Gasteiger partial charge in [0.25, 0.3) is 5.91 Å². The minimum atomic E-state index is -0.170. The summed E-state index contributed by atoms with van der Waals surface area (Å²) in [6.45, 7) is 0.594. The number of rotatable bonds is 5. The fourth-order valence-corrected chi connectivity index (χ4v) is 3.18. The Labute approximate surface area is 167 Å². The molecule has 0 bridgehead atoms. The van der Waals surface area contributed by atoms with Crippen LogP contribution < -0.4 is 14.4 Å². The molecule has 0 radical (unpaired) electrons. The molecule has 5 nitrogen and oxygen atoms in total. The first-order valence-electron chi connectivity index (χ1n) is 8.72. The van der Waals surface area contributed by atoms with E-state index in [9.17, 15) is 9.59 Å². The van der Waals surface area contributed by atoms with Gasteiger partial charge in [0, 0.05) is 16.7 Å². The fraction of sp³-hybridized carbons (Fsp3) is 0.0909. The molecule has 0 spiro atoms. The van der Waals surface area contributed by atoms with Crippen LogP contribution in [0.5, 0.6) is 17.2 Å². The van der Waals surface area contributed by atoms with Crippen LogP contribution in [-0.2, 0) is 0 Å². The maximum absolute atomic E-state index is 13.1. The minimum absolute atomic E-state index is 0.170. The van der Waals surface area contributed by atoms with Crippen molar-refractivity contribution in [2.45, 2.75) is 0 Å². The lowest BCUT2D eigenvalue weighted by Gasteiger charge is -2.22. The first-order valence-corrected chi connectivity index (χ1v) is 9.10. The van der Waals surface area contributed by atoms with Crippen LogP contribution in [0.3, 0.4) is 0 Å². The zero-order valence-corrected chi connectivity index (χ0v) is 15.6. The van der Waals surface area contributed by atoms with E-state index in [1.54, 1.807) is 65.6 Å². The van der Waals surface area contributed by atoms with Gasteiger partial charge in [0.2, 0.25) is 0 Å². The molecule has 3 aromatic carbocycles. The predicted octanol–water partition coefficient (Wildman–Crippen LogP) is 4.98. The third-order valence-electron chi connectivity index (χ3n) is 4.39. The van der Waals surface area contributed by atoms with Crippen molar-refractivity contribution in [3.8, 4) is 17.2 Å². The number of anilines is 1. The molecular weight excluding hydrogens is 378 g/mol. The zero-order chi connectivity index (χ0) is 19.5. The van der Waals surface area contributed by atoms with Crippen LogP contribution in [-0.4, -0.2) is 25.3 Å². The van der Waals surface area contributed by atoms with Gasteiger partial charge in [-0.3, -0.25) is 9.59 Å². The molecule has 0 saturated heterocycles. The van der Waals surface area contributed by atoms with E-state index in [1.807, 2.05) is 6.07 Å². The molecule has 28 heavy (non-hydrogen) atoms. The van der Waals surface area contributed by atoms with Crippen molar-refractivity contribution in [1.82, 2.24) is 0 Å². The Hall–Kier alpha value is -3.31. The summed E-state index contributed by atoms with van der Waals surface area (Å²) < 4.78 is 11.7. The van der Waals surface area contributed by atoms with E-state index >= 15 is 0 Å². The number of aldehydes is 1. The highest BCUT2D eigenvalue weighted by Gasteiger charge is 2.28. The van der Waals surface area contributed by atoms with E-state index in [0.29, 0.717) is 45.6 Å². The third kappa shape index (κ3) is 3.57. The molecule has 140 valence electrons. The Morgan fingerprint density at radius 1 is 1.00 bits per heavy atom. The fourth-order valence-electron chi connectivity index (χ4n) is 3.02. The minimum Gasteiger partial charge on any atom is -0.492 e. The van der Waals surface area contributed by atoms with E-state index in [-0.39, 0.29) is 12.5 Å². The standard InChI is InChI=1S/C22H16ClNO4/c23-16-7-10-19-21(13-16)28-20-4-2-1-3-18(20)22(26)24(19)11-12-27-17-8-5-15(14-25)6-9-17/h1-10,13-14H,11-12H2. The highest BCUT2D eigenvalue weighted by atomic mass is 35.5. The SMILES string of the molecule is O=Cc1ccc(OCCN2C(=O)c3ccccc3Oc3cc(Cl)ccc32)cc1. The number of fused-ring (bicyclic) bond motifs is 2. The molecule has 0 unspecified atom stereocenters. The molecule has 0 aliphatic carbocycles. The maximum Gasteiger partial charge on any atom is 0.262 e. The molecular formula is C22H16ClNO4. The lowest BCUT2D eigenvalue weighted by Crippen LogP contribution is -2.34. The van der Waals surface area contributed by atoms with Crippen LogP contribution in [0, 0.1) is 0 Å². The van der Waals surface area contributed by atoms with Gasteiger partial charge in [-0.05, 0) is 48.5 Å². The second kappa shape index (κ2) is 7.74. The quantitative estimate of drug-likeness (QED) is 0.573. The average molecular weight is 394 g/mol. The highest BCUT2D eigenvalue weighted by molar-refractivity contribution is 6.31. The number of benzene rings is 3.